The Hall–Kier alpha value is -0.220. The first kappa shape index (κ1) is 21.8. The van der Waals surface area contributed by atoms with Crippen LogP contribution >= 0.6 is 11.9 Å². The Balaban J connectivity index is 0.000000401. The number of nitrogens with one attached hydrogen (secondary N) is 1. The Morgan fingerprint density at radius 2 is 1.77 bits per heavy atom. The minimum Gasteiger partial charge on any atom is -0.359 e. The lowest BCUT2D eigenvalue weighted by molar-refractivity contribution is -0.109. The fourth-order valence-electron chi connectivity index (χ4n) is 2.40. The van der Waals surface area contributed by atoms with E-state index in [0.29, 0.717) is 0 Å². The predicted octanol–water partition coefficient (Wildman–Crippen LogP) is 4.72. The molecule has 0 radical (unpaired) electrons. The topological polar surface area (TPSA) is 32.3 Å². The summed E-state index contributed by atoms with van der Waals surface area (Å²) in [4.78, 5) is 9.83. The number of rotatable bonds is 9. The van der Waals surface area contributed by atoms with Crippen LogP contribution in [0.3, 0.4) is 0 Å². The first-order valence-electron chi connectivity index (χ1n) is 9.04. The predicted molar refractivity (Wildman–Crippen MR) is 100 cm³/mol. The molecule has 0 aromatic heterocycles. The van der Waals surface area contributed by atoms with Crippen LogP contribution in [0.4, 0.5) is 0 Å². The van der Waals surface area contributed by atoms with E-state index in [4.69, 9.17) is 0 Å². The van der Waals surface area contributed by atoms with Crippen molar-refractivity contribution in [2.75, 3.05) is 19.6 Å². The summed E-state index contributed by atoms with van der Waals surface area (Å²) in [5.41, 5.74) is 0. The van der Waals surface area contributed by atoms with E-state index in [1.54, 1.807) is 0 Å². The number of carbonyl (C=O) groups excluding carboxylic acids is 1. The molecule has 22 heavy (non-hydrogen) atoms. The zero-order valence-electron chi connectivity index (χ0n) is 15.4. The van der Waals surface area contributed by atoms with Crippen LogP contribution in [-0.2, 0) is 4.79 Å². The number of unbranched alkanes of at least 4 members (excludes halogenated alkanes) is 2. The van der Waals surface area contributed by atoms with Gasteiger partial charge < -0.3 is 5.32 Å². The molecule has 1 aliphatic heterocycles. The van der Waals surface area contributed by atoms with Crippen molar-refractivity contribution in [3.63, 3.8) is 0 Å². The molecule has 0 atom stereocenters. The van der Waals surface area contributed by atoms with E-state index in [2.05, 4.69) is 44.2 Å². The number of amides is 1. The maximum atomic E-state index is 9.83. The normalized spacial score (nSPS) is 16.5. The third kappa shape index (κ3) is 14.7. The van der Waals surface area contributed by atoms with E-state index < -0.39 is 0 Å². The lowest BCUT2D eigenvalue weighted by Crippen LogP contribution is -2.28. The van der Waals surface area contributed by atoms with E-state index in [-0.39, 0.29) is 0 Å². The van der Waals surface area contributed by atoms with Crippen molar-refractivity contribution in [3.8, 4) is 0 Å². The zero-order valence-corrected chi connectivity index (χ0v) is 16.3. The van der Waals surface area contributed by atoms with Gasteiger partial charge in [-0.3, -0.25) is 9.10 Å². The largest absolute Gasteiger partial charge is 0.359 e. The summed E-state index contributed by atoms with van der Waals surface area (Å²) in [6, 6.07) is 0. The molecule has 0 saturated carbocycles. The minimum atomic E-state index is 0.753. The van der Waals surface area contributed by atoms with Gasteiger partial charge >= 0.3 is 0 Å². The molecule has 132 valence electrons. The van der Waals surface area contributed by atoms with E-state index in [0.717, 1.165) is 36.5 Å². The second kappa shape index (κ2) is 14.4. The Kier molecular flexibility index (Phi) is 14.2. The average Bonchev–Trinajstić information content (AvgIpc) is 2.45. The summed E-state index contributed by atoms with van der Waals surface area (Å²) in [7, 11) is 0. The number of hydrogen-bond donors (Lipinski definition) is 1. The van der Waals surface area contributed by atoms with E-state index in [1.807, 2.05) is 11.9 Å². The Labute approximate surface area is 143 Å². The minimum absolute atomic E-state index is 0.753. The molecule has 3 nitrogen and oxygen atoms in total. The van der Waals surface area contributed by atoms with Crippen LogP contribution in [0.1, 0.15) is 73.1 Å². The van der Waals surface area contributed by atoms with Crippen molar-refractivity contribution in [1.82, 2.24) is 9.62 Å². The maximum Gasteiger partial charge on any atom is 0.207 e. The summed E-state index contributed by atoms with van der Waals surface area (Å²) in [5, 5.41) is 3.41. The van der Waals surface area contributed by atoms with Crippen LogP contribution in [-0.4, -0.2) is 35.6 Å². The first-order valence-corrected chi connectivity index (χ1v) is 9.88. The van der Waals surface area contributed by atoms with Gasteiger partial charge in [0, 0.05) is 24.9 Å². The highest BCUT2D eigenvalue weighted by Gasteiger charge is 2.16. The molecule has 1 saturated heterocycles. The molecule has 0 bridgehead atoms. The van der Waals surface area contributed by atoms with Crippen LogP contribution in [0.15, 0.2) is 0 Å². The molecule has 1 fully saturated rings. The number of piperidine rings is 1. The van der Waals surface area contributed by atoms with Gasteiger partial charge in [-0.05, 0) is 31.1 Å². The molecule has 0 spiro atoms. The highest BCUT2D eigenvalue weighted by molar-refractivity contribution is 7.97. The number of carbonyl (C=O) groups is 1. The van der Waals surface area contributed by atoms with E-state index in [9.17, 15) is 4.79 Å². The molecule has 1 amide bonds. The quantitative estimate of drug-likeness (QED) is 0.377. The Bertz CT molecular complexity index is 251. The van der Waals surface area contributed by atoms with Gasteiger partial charge in [-0.15, -0.1) is 0 Å². The lowest BCUT2D eigenvalue weighted by Gasteiger charge is -2.30. The highest BCUT2D eigenvalue weighted by atomic mass is 32.2. The van der Waals surface area contributed by atoms with Crippen molar-refractivity contribution in [3.05, 3.63) is 0 Å². The van der Waals surface area contributed by atoms with Gasteiger partial charge in [-0.1, -0.05) is 65.8 Å². The molecule has 0 aromatic carbocycles. The third-order valence-corrected chi connectivity index (χ3v) is 4.87. The van der Waals surface area contributed by atoms with E-state index >= 15 is 0 Å². The summed E-state index contributed by atoms with van der Waals surface area (Å²) in [6.45, 7) is 14.8. The SMILES string of the molecule is CC(C)CCCCCNC=O.CC1CCN(SC(C)C)CC1. The molecule has 0 aromatic rings. The maximum absolute atomic E-state index is 9.83. The van der Waals surface area contributed by atoms with Gasteiger partial charge in [0.05, 0.1) is 0 Å². The number of hydrogen-bond acceptors (Lipinski definition) is 3. The van der Waals surface area contributed by atoms with Crippen molar-refractivity contribution < 1.29 is 4.79 Å². The second-order valence-electron chi connectivity index (χ2n) is 7.08. The summed E-state index contributed by atoms with van der Waals surface area (Å²) in [6.07, 6.45) is 8.49. The zero-order chi connectivity index (χ0) is 16.8. The Morgan fingerprint density at radius 3 is 2.27 bits per heavy atom. The smallest absolute Gasteiger partial charge is 0.207 e. The monoisotopic (exact) mass is 330 g/mol. The Morgan fingerprint density at radius 1 is 1.14 bits per heavy atom. The summed E-state index contributed by atoms with van der Waals surface area (Å²) >= 11 is 2.01. The van der Waals surface area contributed by atoms with Crippen LogP contribution in [0.5, 0.6) is 0 Å². The number of nitrogens with zero attached hydrogens (tertiary/aromatic N) is 1. The van der Waals surface area contributed by atoms with Gasteiger partial charge in [0.15, 0.2) is 0 Å². The van der Waals surface area contributed by atoms with Gasteiger partial charge in [-0.2, -0.15) is 0 Å². The van der Waals surface area contributed by atoms with Crippen LogP contribution in [0.2, 0.25) is 0 Å². The third-order valence-electron chi connectivity index (χ3n) is 3.79. The van der Waals surface area contributed by atoms with Crippen molar-refractivity contribution in [2.24, 2.45) is 11.8 Å². The van der Waals surface area contributed by atoms with Crippen molar-refractivity contribution in [2.45, 2.75) is 78.4 Å². The molecule has 0 unspecified atom stereocenters. The molecule has 1 heterocycles. The summed E-state index contributed by atoms with van der Waals surface area (Å²) < 4.78 is 2.52. The first-order chi connectivity index (χ1) is 10.5. The van der Waals surface area contributed by atoms with Gasteiger partial charge in [0.1, 0.15) is 0 Å². The molecule has 1 aliphatic rings. The fraction of sp³-hybridized carbons (Fsp3) is 0.944. The van der Waals surface area contributed by atoms with Crippen molar-refractivity contribution in [1.29, 1.82) is 0 Å². The lowest BCUT2D eigenvalue weighted by atomic mass is 10.0. The molecule has 4 heteroatoms. The van der Waals surface area contributed by atoms with E-state index in [1.165, 1.54) is 45.2 Å². The molecular weight excluding hydrogens is 292 g/mol. The summed E-state index contributed by atoms with van der Waals surface area (Å²) in [5.74, 6) is 1.77. The van der Waals surface area contributed by atoms with Gasteiger partial charge in [0.2, 0.25) is 6.41 Å². The second-order valence-corrected chi connectivity index (χ2v) is 8.75. The fourth-order valence-corrected chi connectivity index (χ4v) is 3.42. The van der Waals surface area contributed by atoms with Gasteiger partial charge in [0.25, 0.3) is 0 Å². The molecule has 1 N–H and O–H groups in total. The van der Waals surface area contributed by atoms with Crippen LogP contribution < -0.4 is 5.32 Å². The van der Waals surface area contributed by atoms with Crippen LogP contribution in [0, 0.1) is 11.8 Å². The standard InChI is InChI=1S/C9H19NO.C9H19NS/c1-9(2)6-4-3-5-7-10-8-11;1-8(2)11-10-6-4-9(3)5-7-10/h8-9H,3-7H2,1-2H3,(H,10,11);8-9H,4-7H2,1-3H3. The van der Waals surface area contributed by atoms with Crippen LogP contribution in [0.25, 0.3) is 0 Å². The highest BCUT2D eigenvalue weighted by Crippen LogP contribution is 2.24. The molecule has 0 aliphatic carbocycles. The molecular formula is C18H38N2OS. The van der Waals surface area contributed by atoms with Crippen molar-refractivity contribution >= 4 is 18.4 Å². The average molecular weight is 331 g/mol. The molecule has 1 rings (SSSR count). The van der Waals surface area contributed by atoms with Gasteiger partial charge in [-0.25, -0.2) is 0 Å².